The van der Waals surface area contributed by atoms with Crippen LogP contribution in [0.5, 0.6) is 0 Å². The second-order valence-electron chi connectivity index (χ2n) is 4.66. The van der Waals surface area contributed by atoms with Gasteiger partial charge in [0.15, 0.2) is 0 Å². The lowest BCUT2D eigenvalue weighted by atomic mass is 9.95. The molecule has 3 nitrogen and oxygen atoms in total. The first-order valence-corrected chi connectivity index (χ1v) is 6.17. The Labute approximate surface area is 113 Å². The number of fused-ring (bicyclic) bond motifs is 1. The number of benzene rings is 2. The Morgan fingerprint density at radius 1 is 1.20 bits per heavy atom. The van der Waals surface area contributed by atoms with E-state index in [2.05, 4.69) is 9.97 Å². The minimum absolute atomic E-state index is 0.0845. The van der Waals surface area contributed by atoms with Gasteiger partial charge in [0, 0.05) is 11.6 Å². The molecule has 1 heterocycles. The minimum atomic E-state index is -1.03. The molecule has 3 rings (SSSR count). The minimum Gasteiger partial charge on any atom is -0.389 e. The number of hydrogen-bond donors (Lipinski definition) is 2. The molecular formula is C15H12F2N2O. The van der Waals surface area contributed by atoms with Crippen LogP contribution in [0, 0.1) is 11.6 Å². The Balaban J connectivity index is 2.26. The van der Waals surface area contributed by atoms with E-state index < -0.39 is 17.7 Å². The van der Waals surface area contributed by atoms with Crippen LogP contribution in [0.2, 0.25) is 0 Å². The Bertz CT molecular complexity index is 781. The first kappa shape index (κ1) is 12.7. The summed E-state index contributed by atoms with van der Waals surface area (Å²) >= 11 is 0. The van der Waals surface area contributed by atoms with Gasteiger partial charge in [0.05, 0.1) is 23.5 Å². The summed E-state index contributed by atoms with van der Waals surface area (Å²) in [5.74, 6) is -1.43. The molecule has 0 saturated heterocycles. The van der Waals surface area contributed by atoms with Crippen LogP contribution in [0.4, 0.5) is 8.78 Å². The highest BCUT2D eigenvalue weighted by Crippen LogP contribution is 2.32. The lowest BCUT2D eigenvalue weighted by Gasteiger charge is -2.13. The molecule has 20 heavy (non-hydrogen) atoms. The summed E-state index contributed by atoms with van der Waals surface area (Å²) in [4.78, 5) is 7.07. The number of halogens is 2. The lowest BCUT2D eigenvalue weighted by molar-refractivity contribution is 0.194. The average Bonchev–Trinajstić information content (AvgIpc) is 2.84. The van der Waals surface area contributed by atoms with Crippen LogP contribution in [0.15, 0.2) is 36.7 Å². The fourth-order valence-electron chi connectivity index (χ4n) is 2.35. The van der Waals surface area contributed by atoms with Crippen molar-refractivity contribution in [2.24, 2.45) is 0 Å². The van der Waals surface area contributed by atoms with Crippen molar-refractivity contribution in [1.29, 1.82) is 0 Å². The maximum Gasteiger partial charge on any atom is 0.132 e. The third-order valence-electron chi connectivity index (χ3n) is 3.24. The second kappa shape index (κ2) is 4.68. The van der Waals surface area contributed by atoms with Gasteiger partial charge in [-0.3, -0.25) is 0 Å². The number of nitrogens with one attached hydrogen (secondary N) is 1. The van der Waals surface area contributed by atoms with E-state index in [4.69, 9.17) is 0 Å². The number of imidazole rings is 1. The van der Waals surface area contributed by atoms with Gasteiger partial charge in [-0.15, -0.1) is 0 Å². The normalized spacial score (nSPS) is 12.8. The van der Waals surface area contributed by atoms with Gasteiger partial charge >= 0.3 is 0 Å². The monoisotopic (exact) mass is 274 g/mol. The predicted octanol–water partition coefficient (Wildman–Crippen LogP) is 3.56. The fraction of sp³-hybridized carbons (Fsp3) is 0.133. The maximum atomic E-state index is 13.9. The summed E-state index contributed by atoms with van der Waals surface area (Å²) < 4.78 is 27.3. The number of H-pyrrole nitrogens is 1. The summed E-state index contributed by atoms with van der Waals surface area (Å²) in [5.41, 5.74) is 2.57. The van der Waals surface area contributed by atoms with Crippen molar-refractivity contribution in [3.8, 4) is 11.1 Å². The fourth-order valence-corrected chi connectivity index (χ4v) is 2.35. The average molecular weight is 274 g/mol. The summed E-state index contributed by atoms with van der Waals surface area (Å²) in [7, 11) is 0. The second-order valence-corrected chi connectivity index (χ2v) is 4.66. The van der Waals surface area contributed by atoms with Gasteiger partial charge in [-0.2, -0.15) is 0 Å². The predicted molar refractivity (Wildman–Crippen MR) is 72.1 cm³/mol. The molecule has 1 unspecified atom stereocenters. The molecule has 0 amide bonds. The molecule has 0 saturated carbocycles. The van der Waals surface area contributed by atoms with Gasteiger partial charge in [-0.1, -0.05) is 6.07 Å². The van der Waals surface area contributed by atoms with Crippen molar-refractivity contribution < 1.29 is 13.9 Å². The van der Waals surface area contributed by atoms with Crippen LogP contribution in [0.1, 0.15) is 18.6 Å². The van der Waals surface area contributed by atoms with Crippen LogP contribution in [0.3, 0.4) is 0 Å². The Hall–Kier alpha value is -2.27. The van der Waals surface area contributed by atoms with E-state index in [1.807, 2.05) is 0 Å². The van der Waals surface area contributed by atoms with Crippen molar-refractivity contribution in [1.82, 2.24) is 9.97 Å². The molecule has 0 aliphatic heterocycles. The summed E-state index contributed by atoms with van der Waals surface area (Å²) in [6.45, 7) is 1.45. The number of nitrogens with zero attached hydrogens (tertiary/aromatic N) is 1. The number of aromatic nitrogens is 2. The maximum absolute atomic E-state index is 13.9. The zero-order valence-corrected chi connectivity index (χ0v) is 10.7. The third kappa shape index (κ3) is 2.06. The van der Waals surface area contributed by atoms with E-state index in [1.54, 1.807) is 24.5 Å². The van der Waals surface area contributed by atoms with Crippen LogP contribution >= 0.6 is 0 Å². The molecule has 2 N–H and O–H groups in total. The number of aromatic amines is 1. The zero-order valence-electron chi connectivity index (χ0n) is 10.7. The molecule has 0 aliphatic carbocycles. The molecule has 0 aliphatic rings. The highest BCUT2D eigenvalue weighted by molar-refractivity contribution is 5.82. The Kier molecular flexibility index (Phi) is 2.99. The van der Waals surface area contributed by atoms with Crippen molar-refractivity contribution in [3.05, 3.63) is 53.9 Å². The van der Waals surface area contributed by atoms with Crippen LogP contribution in [0.25, 0.3) is 22.2 Å². The molecule has 0 radical (unpaired) electrons. The first-order chi connectivity index (χ1) is 9.56. The van der Waals surface area contributed by atoms with Gasteiger partial charge in [0.25, 0.3) is 0 Å². The molecule has 102 valence electrons. The SMILES string of the molecule is CC(O)c1c(F)cc(F)cc1-c1ccc2[nH]cnc2c1. The van der Waals surface area contributed by atoms with Crippen LogP contribution in [-0.4, -0.2) is 15.1 Å². The van der Waals surface area contributed by atoms with Crippen molar-refractivity contribution in [2.45, 2.75) is 13.0 Å². The molecule has 0 fully saturated rings. The van der Waals surface area contributed by atoms with Crippen molar-refractivity contribution >= 4 is 11.0 Å². The zero-order chi connectivity index (χ0) is 14.3. The van der Waals surface area contributed by atoms with Gasteiger partial charge in [0.2, 0.25) is 0 Å². The molecule has 1 atom stereocenters. The van der Waals surface area contributed by atoms with Gasteiger partial charge in [-0.05, 0) is 36.2 Å². The topological polar surface area (TPSA) is 48.9 Å². The van der Waals surface area contributed by atoms with E-state index in [0.29, 0.717) is 16.6 Å². The standard InChI is InChI=1S/C15H12F2N2O/c1-8(20)15-11(5-10(16)6-12(15)17)9-2-3-13-14(4-9)19-7-18-13/h2-8,20H,1H3,(H,18,19). The number of hydrogen-bond acceptors (Lipinski definition) is 2. The number of aliphatic hydroxyl groups excluding tert-OH is 1. The van der Waals surface area contributed by atoms with Gasteiger partial charge in [0.1, 0.15) is 11.6 Å². The summed E-state index contributed by atoms with van der Waals surface area (Å²) in [6, 6.07) is 7.25. The molecule has 1 aromatic heterocycles. The molecule has 5 heteroatoms. The van der Waals surface area contributed by atoms with E-state index in [0.717, 1.165) is 11.6 Å². The lowest BCUT2D eigenvalue weighted by Crippen LogP contribution is -2.01. The van der Waals surface area contributed by atoms with Gasteiger partial charge in [-0.25, -0.2) is 13.8 Å². The van der Waals surface area contributed by atoms with Crippen molar-refractivity contribution in [2.75, 3.05) is 0 Å². The third-order valence-corrected chi connectivity index (χ3v) is 3.24. The Morgan fingerprint density at radius 3 is 2.75 bits per heavy atom. The molecule has 3 aromatic rings. The quantitative estimate of drug-likeness (QED) is 0.750. The summed E-state index contributed by atoms with van der Waals surface area (Å²) in [5, 5.41) is 9.73. The summed E-state index contributed by atoms with van der Waals surface area (Å²) in [6.07, 6.45) is 0.524. The number of rotatable bonds is 2. The van der Waals surface area contributed by atoms with E-state index in [9.17, 15) is 13.9 Å². The Morgan fingerprint density at radius 2 is 2.00 bits per heavy atom. The van der Waals surface area contributed by atoms with E-state index in [-0.39, 0.29) is 5.56 Å². The highest BCUT2D eigenvalue weighted by Gasteiger charge is 2.17. The first-order valence-electron chi connectivity index (χ1n) is 6.17. The van der Waals surface area contributed by atoms with E-state index in [1.165, 1.54) is 13.0 Å². The highest BCUT2D eigenvalue weighted by atomic mass is 19.1. The smallest absolute Gasteiger partial charge is 0.132 e. The number of aliphatic hydroxyl groups is 1. The van der Waals surface area contributed by atoms with Crippen molar-refractivity contribution in [3.63, 3.8) is 0 Å². The molecular weight excluding hydrogens is 262 g/mol. The largest absolute Gasteiger partial charge is 0.389 e. The van der Waals surface area contributed by atoms with Crippen LogP contribution < -0.4 is 0 Å². The van der Waals surface area contributed by atoms with E-state index >= 15 is 0 Å². The van der Waals surface area contributed by atoms with Gasteiger partial charge < -0.3 is 10.1 Å². The van der Waals surface area contributed by atoms with Crippen LogP contribution in [-0.2, 0) is 0 Å². The molecule has 2 aromatic carbocycles. The molecule has 0 bridgehead atoms. The molecule has 0 spiro atoms.